The molecule has 1 aromatic carbocycles. The number of ether oxygens (including phenoxy) is 1. The van der Waals surface area contributed by atoms with Crippen LogP contribution in [0.5, 0.6) is 5.75 Å². The lowest BCUT2D eigenvalue weighted by molar-refractivity contribution is -0.141. The lowest BCUT2D eigenvalue weighted by atomic mass is 9.88. The second-order valence-corrected chi connectivity index (χ2v) is 6.61. The van der Waals surface area contributed by atoms with Gasteiger partial charge in [-0.3, -0.25) is 14.4 Å². The van der Waals surface area contributed by atoms with Gasteiger partial charge in [0.1, 0.15) is 22.6 Å². The van der Waals surface area contributed by atoms with Gasteiger partial charge in [-0.05, 0) is 25.5 Å². The first kappa shape index (κ1) is 21.8. The van der Waals surface area contributed by atoms with E-state index < -0.39 is 58.0 Å². The third-order valence-electron chi connectivity index (χ3n) is 4.19. The molecule has 28 heavy (non-hydrogen) atoms. The summed E-state index contributed by atoms with van der Waals surface area (Å²) < 4.78 is 46.7. The van der Waals surface area contributed by atoms with Gasteiger partial charge in [-0.15, -0.1) is 12.6 Å². The maximum absolute atomic E-state index is 13.8. The average molecular weight is 417 g/mol. The summed E-state index contributed by atoms with van der Waals surface area (Å²) in [5.41, 5.74) is -2.87. The number of hydrogen-bond donors (Lipinski definition) is 3. The van der Waals surface area contributed by atoms with Crippen molar-refractivity contribution in [2.24, 2.45) is 0 Å². The summed E-state index contributed by atoms with van der Waals surface area (Å²) in [5.74, 6) is -3.97. The summed E-state index contributed by atoms with van der Waals surface area (Å²) in [4.78, 5) is 35.5. The fraction of sp³-hybridized carbons (Fsp3) is 0.389. The van der Waals surface area contributed by atoms with Crippen LogP contribution in [0.3, 0.4) is 0 Å². The van der Waals surface area contributed by atoms with E-state index >= 15 is 0 Å². The smallest absolute Gasteiger partial charge is 0.420 e. The first-order valence-corrected chi connectivity index (χ1v) is 8.75. The summed E-state index contributed by atoms with van der Waals surface area (Å²) in [5, 5.41) is 12.7. The zero-order chi connectivity index (χ0) is 21.2. The van der Waals surface area contributed by atoms with Crippen molar-refractivity contribution in [1.29, 1.82) is 0 Å². The van der Waals surface area contributed by atoms with E-state index in [1.54, 1.807) is 0 Å². The number of ketones is 2. The second kappa shape index (κ2) is 8.26. The summed E-state index contributed by atoms with van der Waals surface area (Å²) >= 11 is 3.96. The molecule has 1 fully saturated rings. The summed E-state index contributed by atoms with van der Waals surface area (Å²) in [6.07, 6.45) is -6.14. The monoisotopic (exact) mass is 417 g/mol. The van der Waals surface area contributed by atoms with Crippen molar-refractivity contribution in [3.63, 3.8) is 0 Å². The Bertz CT molecular complexity index is 846. The van der Waals surface area contributed by atoms with E-state index in [0.29, 0.717) is 0 Å². The zero-order valence-corrected chi connectivity index (χ0v) is 15.9. The maximum Gasteiger partial charge on any atom is 0.420 e. The molecule has 1 aliphatic rings. The van der Waals surface area contributed by atoms with Crippen molar-refractivity contribution >= 4 is 35.9 Å². The molecular formula is C18H18F3NO5S. The molecular weight excluding hydrogens is 399 g/mol. The topological polar surface area (TPSA) is 92.7 Å². The summed E-state index contributed by atoms with van der Waals surface area (Å²) in [6, 6.07) is 2.02. The minimum atomic E-state index is -5.03. The van der Waals surface area contributed by atoms with Crippen LogP contribution in [0, 0.1) is 0 Å². The van der Waals surface area contributed by atoms with E-state index in [1.165, 1.54) is 14.0 Å². The van der Waals surface area contributed by atoms with Gasteiger partial charge in [0.15, 0.2) is 17.7 Å². The number of carbonyl (C=O) groups excluding carboxylic acids is 3. The molecule has 152 valence electrons. The molecule has 1 atom stereocenters. The molecule has 0 saturated heterocycles. The van der Waals surface area contributed by atoms with Crippen LogP contribution in [0.25, 0.3) is 5.76 Å². The van der Waals surface area contributed by atoms with E-state index in [2.05, 4.69) is 17.9 Å². The Morgan fingerprint density at radius 3 is 2.32 bits per heavy atom. The van der Waals surface area contributed by atoms with Crippen LogP contribution in [-0.2, 0) is 20.6 Å². The Labute approximate surface area is 164 Å². The van der Waals surface area contributed by atoms with Gasteiger partial charge in [-0.2, -0.15) is 13.2 Å². The van der Waals surface area contributed by atoms with Gasteiger partial charge in [0.2, 0.25) is 0 Å². The number of hydrogen-bond acceptors (Lipinski definition) is 6. The molecule has 6 nitrogen and oxygen atoms in total. The van der Waals surface area contributed by atoms with E-state index in [-0.39, 0.29) is 24.2 Å². The van der Waals surface area contributed by atoms with Crippen LogP contribution in [0.1, 0.15) is 37.3 Å². The molecule has 0 aliphatic heterocycles. The van der Waals surface area contributed by atoms with E-state index in [4.69, 9.17) is 4.74 Å². The number of halogens is 3. The van der Waals surface area contributed by atoms with Crippen molar-refractivity contribution in [1.82, 2.24) is 5.32 Å². The number of allylic oxidation sites excluding steroid dienone is 1. The number of alkyl halides is 3. The highest BCUT2D eigenvalue weighted by Crippen LogP contribution is 2.45. The third-order valence-corrected chi connectivity index (χ3v) is 4.54. The van der Waals surface area contributed by atoms with Crippen LogP contribution in [0.4, 0.5) is 13.2 Å². The van der Waals surface area contributed by atoms with Crippen molar-refractivity contribution in [3.8, 4) is 5.75 Å². The van der Waals surface area contributed by atoms with Crippen LogP contribution in [0.15, 0.2) is 22.6 Å². The van der Waals surface area contributed by atoms with Crippen molar-refractivity contribution in [3.05, 3.63) is 28.8 Å². The van der Waals surface area contributed by atoms with Gasteiger partial charge >= 0.3 is 6.18 Å². The third kappa shape index (κ3) is 4.32. The first-order chi connectivity index (χ1) is 13.0. The zero-order valence-electron chi connectivity index (χ0n) is 15.0. The molecule has 0 aromatic heterocycles. The Hall–Kier alpha value is -2.49. The number of aliphatic hydroxyl groups is 1. The molecule has 0 radical (unpaired) electrons. The van der Waals surface area contributed by atoms with Crippen LogP contribution < -0.4 is 10.1 Å². The Morgan fingerprint density at radius 1 is 1.25 bits per heavy atom. The van der Waals surface area contributed by atoms with Gasteiger partial charge in [-0.25, -0.2) is 0 Å². The highest BCUT2D eigenvalue weighted by Gasteiger charge is 2.41. The predicted octanol–water partition coefficient (Wildman–Crippen LogP) is 3.10. The number of carbonyl (C=O) groups is 3. The van der Waals surface area contributed by atoms with Crippen LogP contribution in [0.2, 0.25) is 0 Å². The minimum absolute atomic E-state index is 0.0474. The number of benzene rings is 1. The van der Waals surface area contributed by atoms with Crippen molar-refractivity contribution < 1.29 is 37.4 Å². The van der Waals surface area contributed by atoms with Gasteiger partial charge in [0.25, 0.3) is 5.91 Å². The molecule has 1 aliphatic carbocycles. The normalized spacial score (nSPS) is 16.0. The van der Waals surface area contributed by atoms with Gasteiger partial charge < -0.3 is 15.2 Å². The van der Waals surface area contributed by atoms with Crippen molar-refractivity contribution in [2.45, 2.75) is 43.4 Å². The minimum Gasteiger partial charge on any atom is -0.506 e. The molecule has 10 heteroatoms. The molecule has 0 spiro atoms. The Morgan fingerprint density at radius 2 is 1.82 bits per heavy atom. The Balaban J connectivity index is 2.72. The summed E-state index contributed by atoms with van der Waals surface area (Å²) in [6.45, 7) is 1.24. The highest BCUT2D eigenvalue weighted by atomic mass is 32.1. The fourth-order valence-corrected chi connectivity index (χ4v) is 3.06. The molecule has 1 aromatic rings. The van der Waals surface area contributed by atoms with E-state index in [1.807, 2.05) is 0 Å². The van der Waals surface area contributed by atoms with E-state index in [9.17, 15) is 32.7 Å². The molecule has 0 heterocycles. The van der Waals surface area contributed by atoms with Gasteiger partial charge in [-0.1, -0.05) is 0 Å². The van der Waals surface area contributed by atoms with E-state index in [0.717, 1.165) is 12.1 Å². The van der Waals surface area contributed by atoms with Crippen molar-refractivity contribution in [2.75, 3.05) is 7.05 Å². The highest BCUT2D eigenvalue weighted by molar-refractivity contribution is 7.80. The molecule has 1 amide bonds. The number of rotatable bonds is 4. The van der Waals surface area contributed by atoms with Crippen LogP contribution >= 0.6 is 12.6 Å². The summed E-state index contributed by atoms with van der Waals surface area (Å²) in [7, 11) is 1.29. The quantitative estimate of drug-likeness (QED) is 0.303. The number of likely N-dealkylation sites (N-methyl/N-ethyl adjacent to an activating group) is 1. The fourth-order valence-electron chi connectivity index (χ4n) is 2.82. The molecule has 2 N–H and O–H groups in total. The molecule has 1 saturated carbocycles. The molecule has 1 unspecified atom stereocenters. The SMILES string of the molecule is CNC(=O)C(C)Oc1c(S)ccc(C(O)=C2C(=O)CCCC2=O)c1C(F)(F)F. The lowest BCUT2D eigenvalue weighted by Crippen LogP contribution is -2.34. The number of Topliss-reactive ketones (excluding diaryl/α,β-unsaturated/α-hetero) is 2. The van der Waals surface area contributed by atoms with Gasteiger partial charge in [0.05, 0.1) is 0 Å². The number of aliphatic hydroxyl groups excluding tert-OH is 1. The maximum atomic E-state index is 13.8. The van der Waals surface area contributed by atoms with Crippen LogP contribution in [-0.4, -0.2) is 35.7 Å². The standard InChI is InChI=1S/C18H18F3NO5S/c1-8(17(26)22-2)27-16-12(28)7-6-9(14(16)18(19,20)21)15(25)13-10(23)4-3-5-11(13)24/h6-8,25,28H,3-5H2,1-2H3,(H,22,26). The van der Waals surface area contributed by atoms with Gasteiger partial charge in [0, 0.05) is 30.3 Å². The first-order valence-electron chi connectivity index (χ1n) is 8.30. The average Bonchev–Trinajstić information content (AvgIpc) is 2.61. The molecule has 0 bridgehead atoms. The largest absolute Gasteiger partial charge is 0.506 e. The number of amides is 1. The Kier molecular flexibility index (Phi) is 6.43. The number of thiol groups is 1. The lowest BCUT2D eigenvalue weighted by Gasteiger charge is -2.22. The molecule has 2 rings (SSSR count). The second-order valence-electron chi connectivity index (χ2n) is 6.13. The number of nitrogens with one attached hydrogen (secondary N) is 1. The predicted molar refractivity (Wildman–Crippen MR) is 96.3 cm³/mol.